The summed E-state index contributed by atoms with van der Waals surface area (Å²) in [5.41, 5.74) is -0.289. The Morgan fingerprint density at radius 2 is 2.57 bits per heavy atom. The first kappa shape index (κ1) is 8.73. The molecule has 2 saturated heterocycles. The predicted molar refractivity (Wildman–Crippen MR) is 53.0 cm³/mol. The summed E-state index contributed by atoms with van der Waals surface area (Å²) in [6.07, 6.45) is 5.42. The fourth-order valence-electron chi connectivity index (χ4n) is 2.76. The van der Waals surface area contributed by atoms with E-state index in [0.717, 1.165) is 12.2 Å². The van der Waals surface area contributed by atoms with Gasteiger partial charge in [-0.05, 0) is 12.2 Å². The third-order valence-corrected chi connectivity index (χ3v) is 4.91. The van der Waals surface area contributed by atoms with Crippen LogP contribution in [0, 0.1) is 16.0 Å². The van der Waals surface area contributed by atoms with E-state index in [1.807, 2.05) is 0 Å². The lowest BCUT2D eigenvalue weighted by molar-refractivity contribution is -0.481. The van der Waals surface area contributed by atoms with Crippen LogP contribution in [0.5, 0.6) is 0 Å². The van der Waals surface area contributed by atoms with Gasteiger partial charge in [-0.2, -0.15) is 0 Å². The van der Waals surface area contributed by atoms with Crippen molar-refractivity contribution in [2.24, 2.45) is 5.92 Å². The third-order valence-electron chi connectivity index (χ3n) is 3.40. The van der Waals surface area contributed by atoms with Gasteiger partial charge < -0.3 is 4.74 Å². The molecule has 4 atom stereocenters. The summed E-state index contributed by atoms with van der Waals surface area (Å²) in [7, 11) is 0. The maximum Gasteiger partial charge on any atom is 0.218 e. The van der Waals surface area contributed by atoms with Crippen LogP contribution in [-0.4, -0.2) is 34.2 Å². The zero-order valence-electron chi connectivity index (χ0n) is 7.59. The van der Waals surface area contributed by atoms with Gasteiger partial charge in [0.05, 0.1) is 6.10 Å². The van der Waals surface area contributed by atoms with E-state index >= 15 is 0 Å². The largest absolute Gasteiger partial charge is 0.362 e. The van der Waals surface area contributed by atoms with Crippen molar-refractivity contribution in [3.63, 3.8) is 0 Å². The topological polar surface area (TPSA) is 52.4 Å². The maximum atomic E-state index is 10.5. The Balaban J connectivity index is 1.88. The average molecular weight is 213 g/mol. The van der Waals surface area contributed by atoms with Crippen molar-refractivity contribution in [3.05, 3.63) is 22.3 Å². The molecule has 3 aliphatic heterocycles. The van der Waals surface area contributed by atoms with Crippen LogP contribution in [0.2, 0.25) is 0 Å². The van der Waals surface area contributed by atoms with E-state index in [1.165, 1.54) is 0 Å². The van der Waals surface area contributed by atoms with E-state index in [2.05, 4.69) is 12.2 Å². The van der Waals surface area contributed by atoms with E-state index in [0.29, 0.717) is 5.92 Å². The Labute approximate surface area is 85.8 Å². The highest BCUT2D eigenvalue weighted by molar-refractivity contribution is 8.00. The van der Waals surface area contributed by atoms with Crippen molar-refractivity contribution < 1.29 is 9.66 Å². The summed E-state index contributed by atoms with van der Waals surface area (Å²) in [6.45, 7) is 0.0260. The van der Waals surface area contributed by atoms with Crippen LogP contribution < -0.4 is 0 Å². The van der Waals surface area contributed by atoms with E-state index < -0.39 is 0 Å². The van der Waals surface area contributed by atoms with Crippen molar-refractivity contribution in [2.75, 3.05) is 12.3 Å². The van der Waals surface area contributed by atoms with Crippen molar-refractivity contribution in [2.45, 2.75) is 23.4 Å². The van der Waals surface area contributed by atoms with Gasteiger partial charge in [0.15, 0.2) is 0 Å². The molecule has 3 rings (SSSR count). The quantitative estimate of drug-likeness (QED) is 0.391. The summed E-state index contributed by atoms with van der Waals surface area (Å²) in [5.74, 6) is 1.52. The van der Waals surface area contributed by atoms with E-state index in [-0.39, 0.29) is 28.4 Å². The van der Waals surface area contributed by atoms with Crippen LogP contribution in [0.4, 0.5) is 0 Å². The van der Waals surface area contributed by atoms with Crippen molar-refractivity contribution in [3.8, 4) is 0 Å². The van der Waals surface area contributed by atoms with Crippen molar-refractivity contribution in [1.82, 2.24) is 0 Å². The third kappa shape index (κ3) is 0.995. The number of ether oxygens (including phenoxy) is 1. The monoisotopic (exact) mass is 213 g/mol. The Hall–Kier alpha value is -0.550. The average Bonchev–Trinajstić information content (AvgIpc) is 2.75. The number of nitro groups is 1. The minimum Gasteiger partial charge on any atom is -0.362 e. The number of fused-ring (bicyclic) bond motifs is 1. The molecule has 14 heavy (non-hydrogen) atoms. The number of hydrogen-bond acceptors (Lipinski definition) is 4. The molecule has 4 nitrogen and oxygen atoms in total. The van der Waals surface area contributed by atoms with Gasteiger partial charge in [0.2, 0.25) is 6.54 Å². The Morgan fingerprint density at radius 1 is 1.71 bits per heavy atom. The molecule has 0 aromatic carbocycles. The molecule has 0 aliphatic carbocycles. The van der Waals surface area contributed by atoms with Crippen LogP contribution in [0.15, 0.2) is 12.2 Å². The minimum atomic E-state index is -0.289. The number of thioether (sulfide) groups is 1. The van der Waals surface area contributed by atoms with Crippen LogP contribution in [0.1, 0.15) is 6.42 Å². The first-order chi connectivity index (χ1) is 6.71. The molecule has 3 heterocycles. The molecule has 2 fully saturated rings. The van der Waals surface area contributed by atoms with Crippen LogP contribution >= 0.6 is 11.8 Å². The molecule has 0 saturated carbocycles. The lowest BCUT2D eigenvalue weighted by Crippen LogP contribution is -2.41. The summed E-state index contributed by atoms with van der Waals surface area (Å²) in [6, 6.07) is 0. The zero-order valence-corrected chi connectivity index (χ0v) is 8.40. The fourth-order valence-corrected chi connectivity index (χ4v) is 4.44. The second kappa shape index (κ2) is 2.73. The van der Waals surface area contributed by atoms with E-state index in [1.54, 1.807) is 11.8 Å². The molecule has 2 bridgehead atoms. The molecule has 1 spiro atoms. The molecule has 5 heteroatoms. The molecule has 76 valence electrons. The summed E-state index contributed by atoms with van der Waals surface area (Å²) < 4.78 is 5.86. The van der Waals surface area contributed by atoms with Crippen LogP contribution in [0.3, 0.4) is 0 Å². The molecule has 0 N–H and O–H groups in total. The first-order valence-electron chi connectivity index (χ1n) is 4.81. The summed E-state index contributed by atoms with van der Waals surface area (Å²) >= 11 is 1.69. The predicted octanol–water partition coefficient (Wildman–Crippen LogP) is 1.09. The number of rotatable bonds is 2. The summed E-state index contributed by atoms with van der Waals surface area (Å²) in [4.78, 5) is 10.3. The highest BCUT2D eigenvalue weighted by atomic mass is 32.2. The SMILES string of the molecule is O=[N+]([O-])C[C@@H]1SC[C@@H]2C[C@H]3C=C[C@]21O3. The molecule has 0 aromatic rings. The second-order valence-electron chi connectivity index (χ2n) is 4.14. The molecular weight excluding hydrogens is 202 g/mol. The molecular formula is C9H11NO3S. The van der Waals surface area contributed by atoms with Gasteiger partial charge in [-0.1, -0.05) is 12.2 Å². The molecule has 0 amide bonds. The second-order valence-corrected chi connectivity index (χ2v) is 5.37. The summed E-state index contributed by atoms with van der Waals surface area (Å²) in [5, 5.41) is 10.5. The highest BCUT2D eigenvalue weighted by Gasteiger charge is 2.60. The first-order valence-corrected chi connectivity index (χ1v) is 5.86. The molecule has 0 unspecified atom stereocenters. The van der Waals surface area contributed by atoms with Crippen molar-refractivity contribution >= 4 is 11.8 Å². The highest BCUT2D eigenvalue weighted by Crippen LogP contribution is 2.54. The Morgan fingerprint density at radius 3 is 3.29 bits per heavy atom. The zero-order chi connectivity index (χ0) is 9.76. The van der Waals surface area contributed by atoms with Gasteiger partial charge in [-0.25, -0.2) is 0 Å². The minimum absolute atomic E-state index is 0.0197. The molecule has 0 radical (unpaired) electrons. The lowest BCUT2D eigenvalue weighted by Gasteiger charge is -2.26. The Kier molecular flexibility index (Phi) is 1.70. The standard InChI is InChI=1S/C9H11NO3S/c11-10(12)4-8-9-2-1-7(13-9)3-6(9)5-14-8/h1-2,6-8H,3-5H2/t6-,7+,8-,9-/m0/s1. The van der Waals surface area contributed by atoms with Crippen LogP contribution in [0.25, 0.3) is 0 Å². The maximum absolute atomic E-state index is 10.5. The number of hydrogen-bond donors (Lipinski definition) is 0. The molecule has 0 aromatic heterocycles. The van der Waals surface area contributed by atoms with Crippen LogP contribution in [-0.2, 0) is 4.74 Å². The van der Waals surface area contributed by atoms with Crippen molar-refractivity contribution in [1.29, 1.82) is 0 Å². The van der Waals surface area contributed by atoms with Gasteiger partial charge in [-0.3, -0.25) is 10.1 Å². The van der Waals surface area contributed by atoms with Gasteiger partial charge in [0.1, 0.15) is 10.9 Å². The van der Waals surface area contributed by atoms with Gasteiger partial charge in [-0.15, -0.1) is 11.8 Å². The normalized spacial score (nSPS) is 48.4. The molecule has 3 aliphatic rings. The van der Waals surface area contributed by atoms with Gasteiger partial charge >= 0.3 is 0 Å². The van der Waals surface area contributed by atoms with Gasteiger partial charge in [0.25, 0.3) is 0 Å². The smallest absolute Gasteiger partial charge is 0.218 e. The van der Waals surface area contributed by atoms with E-state index in [4.69, 9.17) is 4.74 Å². The van der Waals surface area contributed by atoms with Gasteiger partial charge in [0, 0.05) is 10.8 Å². The van der Waals surface area contributed by atoms with E-state index in [9.17, 15) is 10.1 Å². The Bertz CT molecular complexity index is 319. The fraction of sp³-hybridized carbons (Fsp3) is 0.778. The number of nitrogens with zero attached hydrogens (tertiary/aromatic N) is 1. The lowest BCUT2D eigenvalue weighted by atomic mass is 9.82.